The maximum atomic E-state index is 5.54. The van der Waals surface area contributed by atoms with Crippen LogP contribution in [0.5, 0.6) is 0 Å². The second-order valence-electron chi connectivity index (χ2n) is 6.10. The lowest BCUT2D eigenvalue weighted by Gasteiger charge is -2.20. The molecule has 2 aromatic rings. The highest BCUT2D eigenvalue weighted by atomic mass is 16.5. The Morgan fingerprint density at radius 3 is 2.83 bits per heavy atom. The lowest BCUT2D eigenvalue weighted by atomic mass is 10.1. The van der Waals surface area contributed by atoms with Crippen molar-refractivity contribution in [3.8, 4) is 11.4 Å². The van der Waals surface area contributed by atoms with Crippen LogP contribution in [0.3, 0.4) is 0 Å². The molecule has 2 heterocycles. The number of ether oxygens (including phenoxy) is 2. The van der Waals surface area contributed by atoms with Crippen LogP contribution in [0.4, 0.5) is 5.82 Å². The molecule has 1 aromatic carbocycles. The Morgan fingerprint density at radius 2 is 2.00 bits per heavy atom. The minimum Gasteiger partial charge on any atom is -0.377 e. The highest BCUT2D eigenvalue weighted by molar-refractivity contribution is 5.61. The average Bonchev–Trinajstić information content (AvgIpc) is 3.24. The summed E-state index contributed by atoms with van der Waals surface area (Å²) in [5, 5.41) is 3.55. The molecule has 1 N–H and O–H groups in total. The molecule has 1 fully saturated rings. The third-order valence-electron chi connectivity index (χ3n) is 4.62. The van der Waals surface area contributed by atoms with E-state index in [0.29, 0.717) is 13.2 Å². The molecule has 1 aliphatic carbocycles. The number of hydrogen-bond acceptors (Lipinski definition) is 5. The molecule has 120 valence electrons. The molecule has 1 aromatic heterocycles. The number of benzene rings is 1. The molecule has 5 heteroatoms. The van der Waals surface area contributed by atoms with Gasteiger partial charge >= 0.3 is 0 Å². The number of nitrogens with zero attached hydrogens (tertiary/aromatic N) is 2. The summed E-state index contributed by atoms with van der Waals surface area (Å²) in [7, 11) is 1.73. The van der Waals surface area contributed by atoms with Crippen LogP contribution in [0.15, 0.2) is 30.3 Å². The smallest absolute Gasteiger partial charge is 0.161 e. The van der Waals surface area contributed by atoms with Crippen molar-refractivity contribution in [2.75, 3.05) is 25.6 Å². The molecule has 0 saturated carbocycles. The van der Waals surface area contributed by atoms with Gasteiger partial charge in [-0.25, -0.2) is 9.97 Å². The van der Waals surface area contributed by atoms with E-state index in [1.165, 1.54) is 11.3 Å². The number of methoxy groups -OCH3 is 1. The summed E-state index contributed by atoms with van der Waals surface area (Å²) in [4.78, 5) is 9.60. The first kappa shape index (κ1) is 14.6. The van der Waals surface area contributed by atoms with Crippen LogP contribution in [0.25, 0.3) is 11.4 Å². The van der Waals surface area contributed by atoms with Gasteiger partial charge in [0.15, 0.2) is 5.82 Å². The Morgan fingerprint density at radius 1 is 1.13 bits per heavy atom. The number of rotatable bonds is 4. The van der Waals surface area contributed by atoms with Gasteiger partial charge in [-0.15, -0.1) is 0 Å². The average molecular weight is 311 g/mol. The topological polar surface area (TPSA) is 56.3 Å². The Bertz CT molecular complexity index is 690. The van der Waals surface area contributed by atoms with Gasteiger partial charge in [-0.1, -0.05) is 30.3 Å². The van der Waals surface area contributed by atoms with Gasteiger partial charge in [-0.05, 0) is 19.3 Å². The van der Waals surface area contributed by atoms with E-state index in [-0.39, 0.29) is 12.1 Å². The zero-order valence-corrected chi connectivity index (χ0v) is 13.3. The third-order valence-corrected chi connectivity index (χ3v) is 4.62. The molecular formula is C18H21N3O2. The fraction of sp³-hybridized carbons (Fsp3) is 0.444. The molecule has 1 saturated heterocycles. The molecule has 0 radical (unpaired) electrons. The van der Waals surface area contributed by atoms with Crippen molar-refractivity contribution >= 4 is 5.82 Å². The number of nitrogens with one attached hydrogen (secondary N) is 1. The highest BCUT2D eigenvalue weighted by Crippen LogP contribution is 2.30. The van der Waals surface area contributed by atoms with Crippen molar-refractivity contribution < 1.29 is 9.47 Å². The summed E-state index contributed by atoms with van der Waals surface area (Å²) in [5.74, 6) is 1.74. The van der Waals surface area contributed by atoms with Gasteiger partial charge < -0.3 is 14.8 Å². The summed E-state index contributed by atoms with van der Waals surface area (Å²) >= 11 is 0. The van der Waals surface area contributed by atoms with Crippen LogP contribution in [0, 0.1) is 0 Å². The largest absolute Gasteiger partial charge is 0.377 e. The van der Waals surface area contributed by atoms with Crippen LogP contribution in [-0.2, 0) is 22.3 Å². The standard InChI is InChI=1S/C18H21N3O2/c1-22-16-11-23-10-15(16)20-18-13-8-5-9-14(13)19-17(21-18)12-6-3-2-4-7-12/h2-4,6-7,15-16H,5,8-11H2,1H3,(H,19,20,21)/t15-,16-/m0/s1. The van der Waals surface area contributed by atoms with Crippen molar-refractivity contribution in [1.29, 1.82) is 0 Å². The summed E-state index contributed by atoms with van der Waals surface area (Å²) in [5.41, 5.74) is 3.48. The van der Waals surface area contributed by atoms with Crippen molar-refractivity contribution in [2.24, 2.45) is 0 Å². The minimum atomic E-state index is 0.0715. The molecule has 1 aliphatic heterocycles. The zero-order chi connectivity index (χ0) is 15.6. The monoisotopic (exact) mass is 311 g/mol. The van der Waals surface area contributed by atoms with E-state index in [2.05, 4.69) is 17.4 Å². The van der Waals surface area contributed by atoms with Gasteiger partial charge in [0.2, 0.25) is 0 Å². The Kier molecular flexibility index (Phi) is 3.97. The van der Waals surface area contributed by atoms with Crippen LogP contribution >= 0.6 is 0 Å². The number of fused-ring (bicyclic) bond motifs is 1. The first-order chi connectivity index (χ1) is 11.3. The predicted octanol–water partition coefficient (Wildman–Crippen LogP) is 2.46. The normalized spacial score (nSPS) is 23.0. The van der Waals surface area contributed by atoms with Crippen molar-refractivity contribution in [3.05, 3.63) is 41.6 Å². The van der Waals surface area contributed by atoms with E-state index in [4.69, 9.17) is 19.4 Å². The molecule has 0 amide bonds. The summed E-state index contributed by atoms with van der Waals surface area (Å²) < 4.78 is 11.0. The van der Waals surface area contributed by atoms with Gasteiger partial charge in [0.1, 0.15) is 11.9 Å². The Labute approximate surface area is 136 Å². The molecule has 5 nitrogen and oxygen atoms in total. The quantitative estimate of drug-likeness (QED) is 0.940. The van der Waals surface area contributed by atoms with E-state index < -0.39 is 0 Å². The van der Waals surface area contributed by atoms with Gasteiger partial charge in [0, 0.05) is 23.9 Å². The lowest BCUT2D eigenvalue weighted by molar-refractivity contribution is 0.0795. The predicted molar refractivity (Wildman–Crippen MR) is 88.5 cm³/mol. The van der Waals surface area contributed by atoms with E-state index >= 15 is 0 Å². The van der Waals surface area contributed by atoms with Crippen LogP contribution in [0.2, 0.25) is 0 Å². The van der Waals surface area contributed by atoms with Crippen molar-refractivity contribution in [2.45, 2.75) is 31.4 Å². The molecule has 0 unspecified atom stereocenters. The van der Waals surface area contributed by atoms with E-state index in [1.54, 1.807) is 7.11 Å². The highest BCUT2D eigenvalue weighted by Gasteiger charge is 2.30. The number of aryl methyl sites for hydroxylation is 1. The molecular weight excluding hydrogens is 290 g/mol. The van der Waals surface area contributed by atoms with E-state index in [9.17, 15) is 0 Å². The van der Waals surface area contributed by atoms with Gasteiger partial charge in [-0.2, -0.15) is 0 Å². The molecule has 23 heavy (non-hydrogen) atoms. The summed E-state index contributed by atoms with van der Waals surface area (Å²) in [6, 6.07) is 10.3. The van der Waals surface area contributed by atoms with Crippen molar-refractivity contribution in [1.82, 2.24) is 9.97 Å². The lowest BCUT2D eigenvalue weighted by Crippen LogP contribution is -2.34. The zero-order valence-electron chi connectivity index (χ0n) is 13.3. The van der Waals surface area contributed by atoms with E-state index in [0.717, 1.165) is 36.5 Å². The van der Waals surface area contributed by atoms with Gasteiger partial charge in [-0.3, -0.25) is 0 Å². The first-order valence-corrected chi connectivity index (χ1v) is 8.17. The summed E-state index contributed by atoms with van der Waals surface area (Å²) in [6.07, 6.45) is 3.28. The molecule has 0 bridgehead atoms. The minimum absolute atomic E-state index is 0.0715. The molecule has 0 spiro atoms. The van der Waals surface area contributed by atoms with Crippen LogP contribution < -0.4 is 5.32 Å². The van der Waals surface area contributed by atoms with E-state index in [1.807, 2.05) is 18.2 Å². The van der Waals surface area contributed by atoms with Crippen LogP contribution in [0.1, 0.15) is 17.7 Å². The fourth-order valence-corrected chi connectivity index (χ4v) is 3.35. The van der Waals surface area contributed by atoms with Crippen molar-refractivity contribution in [3.63, 3.8) is 0 Å². The summed E-state index contributed by atoms with van der Waals surface area (Å²) in [6.45, 7) is 1.28. The first-order valence-electron chi connectivity index (χ1n) is 8.17. The third kappa shape index (κ3) is 2.82. The van der Waals surface area contributed by atoms with Crippen LogP contribution in [-0.4, -0.2) is 42.4 Å². The fourth-order valence-electron chi connectivity index (χ4n) is 3.35. The molecule has 4 rings (SSSR count). The Hall–Kier alpha value is -1.98. The number of hydrogen-bond donors (Lipinski definition) is 1. The second-order valence-corrected chi connectivity index (χ2v) is 6.10. The maximum Gasteiger partial charge on any atom is 0.161 e. The second kappa shape index (κ2) is 6.26. The maximum absolute atomic E-state index is 5.54. The molecule has 2 aliphatic rings. The van der Waals surface area contributed by atoms with Gasteiger partial charge in [0.25, 0.3) is 0 Å². The SMILES string of the molecule is CO[C@H]1COC[C@@H]1Nc1nc(-c2ccccc2)nc2c1CCC2. The molecule has 2 atom stereocenters. The van der Waals surface area contributed by atoms with Gasteiger partial charge in [0.05, 0.1) is 19.3 Å². The number of anilines is 1. The Balaban J connectivity index is 1.69. The number of aromatic nitrogens is 2.